The van der Waals surface area contributed by atoms with Gasteiger partial charge in [0.15, 0.2) is 0 Å². The van der Waals surface area contributed by atoms with Crippen LogP contribution in [-0.2, 0) is 0 Å². The number of carbonyl (C=O) groups is 2. The number of nitrogens with one attached hydrogen (secondary N) is 1. The predicted octanol–water partition coefficient (Wildman–Crippen LogP) is 2.37. The first-order valence-corrected chi connectivity index (χ1v) is 8.79. The molecule has 1 saturated heterocycles. The van der Waals surface area contributed by atoms with E-state index >= 15 is 0 Å². The lowest BCUT2D eigenvalue weighted by Crippen LogP contribution is -2.41. The molecule has 1 aromatic carbocycles. The number of hydrogen-bond acceptors (Lipinski definition) is 4. The molecular weight excluding hydrogens is 330 g/mol. The summed E-state index contributed by atoms with van der Waals surface area (Å²) in [5, 5.41) is 2.99. The fourth-order valence-electron chi connectivity index (χ4n) is 3.12. The van der Waals surface area contributed by atoms with Crippen molar-refractivity contribution in [2.45, 2.75) is 12.8 Å². The number of hydrogen-bond donors (Lipinski definition) is 1. The van der Waals surface area contributed by atoms with Crippen molar-refractivity contribution in [3.05, 3.63) is 59.9 Å². The smallest absolute Gasteiger partial charge is 0.253 e. The van der Waals surface area contributed by atoms with Gasteiger partial charge in [0.1, 0.15) is 5.75 Å². The Hall–Kier alpha value is -2.89. The Bertz CT molecular complexity index is 756. The van der Waals surface area contributed by atoms with Gasteiger partial charge in [-0.05, 0) is 49.1 Å². The topological polar surface area (TPSA) is 71.5 Å². The van der Waals surface area contributed by atoms with Gasteiger partial charge in [0.25, 0.3) is 11.8 Å². The molecule has 0 saturated carbocycles. The maximum Gasteiger partial charge on any atom is 0.253 e. The van der Waals surface area contributed by atoms with Crippen molar-refractivity contribution in [1.82, 2.24) is 15.2 Å². The number of methoxy groups -OCH3 is 1. The van der Waals surface area contributed by atoms with Gasteiger partial charge >= 0.3 is 0 Å². The Balaban J connectivity index is 1.47. The summed E-state index contributed by atoms with van der Waals surface area (Å²) in [7, 11) is 1.58. The molecule has 6 heteroatoms. The van der Waals surface area contributed by atoms with Crippen molar-refractivity contribution < 1.29 is 14.3 Å². The van der Waals surface area contributed by atoms with Crippen LogP contribution in [0.4, 0.5) is 0 Å². The monoisotopic (exact) mass is 353 g/mol. The van der Waals surface area contributed by atoms with Gasteiger partial charge in [-0.2, -0.15) is 0 Å². The van der Waals surface area contributed by atoms with E-state index in [4.69, 9.17) is 4.74 Å². The number of piperidine rings is 1. The van der Waals surface area contributed by atoms with Crippen LogP contribution in [-0.4, -0.2) is 48.4 Å². The molecule has 2 heterocycles. The third-order valence-corrected chi connectivity index (χ3v) is 4.71. The number of rotatable bonds is 5. The maximum atomic E-state index is 12.4. The van der Waals surface area contributed by atoms with Gasteiger partial charge in [-0.3, -0.25) is 14.6 Å². The van der Waals surface area contributed by atoms with Gasteiger partial charge < -0.3 is 15.0 Å². The van der Waals surface area contributed by atoms with Gasteiger partial charge in [0, 0.05) is 43.2 Å². The minimum Gasteiger partial charge on any atom is -0.497 e. The molecule has 136 valence electrons. The zero-order valence-corrected chi connectivity index (χ0v) is 14.9. The summed E-state index contributed by atoms with van der Waals surface area (Å²) in [5.41, 5.74) is 1.26. The molecule has 2 amide bonds. The number of pyridine rings is 1. The first-order valence-electron chi connectivity index (χ1n) is 8.79. The summed E-state index contributed by atoms with van der Waals surface area (Å²) in [6, 6.07) is 10.6. The Morgan fingerprint density at radius 1 is 1.15 bits per heavy atom. The van der Waals surface area contributed by atoms with Crippen LogP contribution in [0.1, 0.15) is 33.6 Å². The van der Waals surface area contributed by atoms with Crippen LogP contribution in [0, 0.1) is 5.92 Å². The standard InChI is InChI=1S/C20H23N3O3/c1-26-18-4-2-3-17(13-18)19(24)22-14-15-7-11-23(12-8-15)20(25)16-5-9-21-10-6-16/h2-6,9-10,13,15H,7-8,11-12,14H2,1H3,(H,22,24). The first kappa shape index (κ1) is 17.9. The lowest BCUT2D eigenvalue weighted by molar-refractivity contribution is 0.0684. The van der Waals surface area contributed by atoms with E-state index in [1.54, 1.807) is 49.8 Å². The molecule has 1 aliphatic heterocycles. The Morgan fingerprint density at radius 3 is 2.58 bits per heavy atom. The molecule has 3 rings (SSSR count). The third kappa shape index (κ3) is 4.39. The highest BCUT2D eigenvalue weighted by atomic mass is 16.5. The van der Waals surface area contributed by atoms with Crippen molar-refractivity contribution in [2.24, 2.45) is 5.92 Å². The van der Waals surface area contributed by atoms with Gasteiger partial charge in [-0.1, -0.05) is 6.07 Å². The SMILES string of the molecule is COc1cccc(C(=O)NCC2CCN(C(=O)c3ccncc3)CC2)c1. The largest absolute Gasteiger partial charge is 0.497 e. The zero-order chi connectivity index (χ0) is 18.4. The molecule has 2 aromatic rings. The number of nitrogens with zero attached hydrogens (tertiary/aromatic N) is 2. The second-order valence-electron chi connectivity index (χ2n) is 6.41. The molecule has 0 unspecified atom stereocenters. The summed E-state index contributed by atoms with van der Waals surface area (Å²) in [6.07, 6.45) is 5.03. The quantitative estimate of drug-likeness (QED) is 0.896. The lowest BCUT2D eigenvalue weighted by Gasteiger charge is -2.32. The Labute approximate surface area is 153 Å². The predicted molar refractivity (Wildman–Crippen MR) is 98.2 cm³/mol. The van der Waals surface area contributed by atoms with Gasteiger partial charge in [0.2, 0.25) is 0 Å². The van der Waals surface area contributed by atoms with Crippen molar-refractivity contribution in [1.29, 1.82) is 0 Å². The number of amides is 2. The number of aromatic nitrogens is 1. The molecule has 26 heavy (non-hydrogen) atoms. The number of carbonyl (C=O) groups excluding carboxylic acids is 2. The lowest BCUT2D eigenvalue weighted by atomic mass is 9.96. The second-order valence-corrected chi connectivity index (χ2v) is 6.41. The molecule has 0 radical (unpaired) electrons. The highest BCUT2D eigenvalue weighted by Gasteiger charge is 2.24. The summed E-state index contributed by atoms with van der Waals surface area (Å²) in [6.45, 7) is 2.04. The fourth-order valence-corrected chi connectivity index (χ4v) is 3.12. The van der Waals surface area contributed by atoms with Gasteiger partial charge in [-0.25, -0.2) is 0 Å². The van der Waals surface area contributed by atoms with Crippen LogP contribution in [0.25, 0.3) is 0 Å². The van der Waals surface area contributed by atoms with Gasteiger partial charge in [-0.15, -0.1) is 0 Å². The highest BCUT2D eigenvalue weighted by Crippen LogP contribution is 2.19. The van der Waals surface area contributed by atoms with Crippen LogP contribution >= 0.6 is 0 Å². The molecule has 1 N–H and O–H groups in total. The zero-order valence-electron chi connectivity index (χ0n) is 14.9. The van der Waals surface area contributed by atoms with Crippen molar-refractivity contribution in [3.8, 4) is 5.75 Å². The molecule has 6 nitrogen and oxygen atoms in total. The van der Waals surface area contributed by atoms with E-state index in [1.807, 2.05) is 11.0 Å². The average molecular weight is 353 g/mol. The van der Waals surface area contributed by atoms with E-state index in [1.165, 1.54) is 0 Å². The maximum absolute atomic E-state index is 12.4. The molecule has 1 aromatic heterocycles. The van der Waals surface area contributed by atoms with E-state index in [2.05, 4.69) is 10.3 Å². The van der Waals surface area contributed by atoms with Crippen LogP contribution in [0.15, 0.2) is 48.8 Å². The van der Waals surface area contributed by atoms with Crippen molar-refractivity contribution in [3.63, 3.8) is 0 Å². The molecule has 0 spiro atoms. The third-order valence-electron chi connectivity index (χ3n) is 4.71. The second kappa shape index (κ2) is 8.47. The van der Waals surface area contributed by atoms with E-state index in [-0.39, 0.29) is 11.8 Å². The van der Waals surface area contributed by atoms with Crippen molar-refractivity contribution >= 4 is 11.8 Å². The van der Waals surface area contributed by atoms with Crippen LogP contribution in [0.2, 0.25) is 0 Å². The summed E-state index contributed by atoms with van der Waals surface area (Å²) < 4.78 is 5.15. The summed E-state index contributed by atoms with van der Waals surface area (Å²) in [4.78, 5) is 30.5. The van der Waals surface area contributed by atoms with Crippen LogP contribution < -0.4 is 10.1 Å². The number of benzene rings is 1. The average Bonchev–Trinajstić information content (AvgIpc) is 2.72. The molecule has 0 aliphatic carbocycles. The van der Waals surface area contributed by atoms with E-state index in [0.717, 1.165) is 12.8 Å². The molecule has 1 aliphatic rings. The Kier molecular flexibility index (Phi) is 5.84. The van der Waals surface area contributed by atoms with Crippen LogP contribution in [0.3, 0.4) is 0 Å². The first-order chi connectivity index (χ1) is 12.7. The Morgan fingerprint density at radius 2 is 1.88 bits per heavy atom. The molecule has 0 atom stereocenters. The molecule has 1 fully saturated rings. The van der Waals surface area contributed by atoms with Crippen LogP contribution in [0.5, 0.6) is 5.75 Å². The van der Waals surface area contributed by atoms with E-state index in [0.29, 0.717) is 42.4 Å². The normalized spacial score (nSPS) is 14.7. The summed E-state index contributed by atoms with van der Waals surface area (Å²) in [5.74, 6) is 0.997. The minimum atomic E-state index is -0.0980. The number of likely N-dealkylation sites (tertiary alicyclic amines) is 1. The number of ether oxygens (including phenoxy) is 1. The summed E-state index contributed by atoms with van der Waals surface area (Å²) >= 11 is 0. The molecule has 0 bridgehead atoms. The minimum absolute atomic E-state index is 0.0475. The van der Waals surface area contributed by atoms with E-state index < -0.39 is 0 Å². The fraction of sp³-hybridized carbons (Fsp3) is 0.350. The van der Waals surface area contributed by atoms with Gasteiger partial charge in [0.05, 0.1) is 7.11 Å². The van der Waals surface area contributed by atoms with Crippen molar-refractivity contribution in [2.75, 3.05) is 26.7 Å². The molecular formula is C20H23N3O3. The highest BCUT2D eigenvalue weighted by molar-refractivity contribution is 5.95. The van der Waals surface area contributed by atoms with E-state index in [9.17, 15) is 9.59 Å².